The van der Waals surface area contributed by atoms with Crippen LogP contribution in [0, 0.1) is 20.8 Å². The Balaban J connectivity index is 1.28. The van der Waals surface area contributed by atoms with E-state index in [1.54, 1.807) is 0 Å². The van der Waals surface area contributed by atoms with E-state index >= 15 is 0 Å². The van der Waals surface area contributed by atoms with Crippen molar-refractivity contribution in [2.24, 2.45) is 0 Å². The van der Waals surface area contributed by atoms with Gasteiger partial charge in [-0.2, -0.15) is 0 Å². The number of nitrogens with zero attached hydrogens (tertiary/aromatic N) is 3. The Kier molecular flexibility index (Phi) is 7.42. The highest BCUT2D eigenvalue weighted by molar-refractivity contribution is 6.29. The second-order valence-corrected chi connectivity index (χ2v) is 21.0. The van der Waals surface area contributed by atoms with E-state index in [1.807, 2.05) is 0 Å². The Bertz CT molecular complexity index is 3530. The molecule has 3 heteroatoms. The molecule has 60 heavy (non-hydrogen) atoms. The fraction of sp³-hybridized carbons (Fsp3) is 0.263. The summed E-state index contributed by atoms with van der Waals surface area (Å²) in [7, 11) is 0. The van der Waals surface area contributed by atoms with Gasteiger partial charge in [-0.3, -0.25) is 0 Å². The maximum atomic E-state index is 2.59. The molecule has 0 saturated heterocycles. The lowest BCUT2D eigenvalue weighted by atomic mass is 9.84. The Morgan fingerprint density at radius 3 is 1.32 bits per heavy atom. The first-order valence-electron chi connectivity index (χ1n) is 21.8. The van der Waals surface area contributed by atoms with Crippen molar-refractivity contribution in [2.75, 3.05) is 4.90 Å². The predicted molar refractivity (Wildman–Crippen MR) is 261 cm³/mol. The van der Waals surface area contributed by atoms with Gasteiger partial charge < -0.3 is 13.7 Å². The average molecular weight is 782 g/mol. The molecule has 0 amide bonds. The molecule has 4 heterocycles. The van der Waals surface area contributed by atoms with Crippen LogP contribution in [0.1, 0.15) is 95.7 Å². The zero-order chi connectivity index (χ0) is 41.9. The van der Waals surface area contributed by atoms with Gasteiger partial charge in [-0.05, 0) is 155 Å². The topological polar surface area (TPSA) is 12.1 Å². The smallest absolute Gasteiger partial charge is 0.0620 e. The first kappa shape index (κ1) is 37.0. The second kappa shape index (κ2) is 12.0. The minimum atomic E-state index is -0.0169. The number of anilines is 3. The number of aromatic nitrogens is 2. The zero-order valence-corrected chi connectivity index (χ0v) is 37.3. The van der Waals surface area contributed by atoms with Gasteiger partial charge in [-0.15, -0.1) is 0 Å². The number of rotatable bonds is 3. The minimum absolute atomic E-state index is 0.00181. The number of aryl methyl sites for hydroxylation is 2. The van der Waals surface area contributed by atoms with Gasteiger partial charge in [-0.25, -0.2) is 0 Å². The molecule has 11 aromatic rings. The molecule has 0 aliphatic carbocycles. The van der Waals surface area contributed by atoms with E-state index in [0.717, 1.165) is 11.4 Å². The van der Waals surface area contributed by atoms with Gasteiger partial charge in [0.15, 0.2) is 0 Å². The van der Waals surface area contributed by atoms with Crippen molar-refractivity contribution in [3.63, 3.8) is 0 Å². The van der Waals surface area contributed by atoms with E-state index in [1.165, 1.54) is 115 Å². The monoisotopic (exact) mass is 781 g/mol. The molecule has 0 unspecified atom stereocenters. The molecule has 0 radical (unpaired) electrons. The van der Waals surface area contributed by atoms with Crippen LogP contribution in [0.25, 0.3) is 76.2 Å². The van der Waals surface area contributed by atoms with Gasteiger partial charge in [0.25, 0.3) is 0 Å². The first-order chi connectivity index (χ1) is 28.4. The molecule has 0 spiro atoms. The third-order valence-corrected chi connectivity index (χ3v) is 13.9. The lowest BCUT2D eigenvalue weighted by Crippen LogP contribution is -2.11. The van der Waals surface area contributed by atoms with Crippen LogP contribution in [0.15, 0.2) is 115 Å². The summed E-state index contributed by atoms with van der Waals surface area (Å²) in [5.41, 5.74) is 19.3. The van der Waals surface area contributed by atoms with Crippen molar-refractivity contribution < 1.29 is 0 Å². The molecule has 7 aromatic carbocycles. The van der Waals surface area contributed by atoms with Crippen molar-refractivity contribution in [1.82, 2.24) is 8.80 Å². The third kappa shape index (κ3) is 5.14. The van der Waals surface area contributed by atoms with Crippen molar-refractivity contribution in [3.8, 4) is 0 Å². The van der Waals surface area contributed by atoms with Crippen molar-refractivity contribution >= 4 is 93.3 Å². The fourth-order valence-electron chi connectivity index (χ4n) is 10.2. The number of benzene rings is 7. The third-order valence-electron chi connectivity index (χ3n) is 13.9. The SMILES string of the molecule is Cc1cc(N(c2ccccc2)c2ccc3c4cc(C(C)(C)C)cc5c6cc7c(cc6n(c3c2)c45)c2cc(C(C)(C)C)cc3c4cc(C(C)(C)C)ccc4n7c32)cc(C)c1C. The maximum Gasteiger partial charge on any atom is 0.0620 e. The van der Waals surface area contributed by atoms with Crippen LogP contribution in [0.5, 0.6) is 0 Å². The van der Waals surface area contributed by atoms with Gasteiger partial charge in [-0.1, -0.05) is 92.6 Å². The molecule has 0 N–H and O–H groups in total. The van der Waals surface area contributed by atoms with E-state index in [4.69, 9.17) is 0 Å². The van der Waals surface area contributed by atoms with Gasteiger partial charge in [0.2, 0.25) is 0 Å². The van der Waals surface area contributed by atoms with Crippen LogP contribution in [-0.2, 0) is 16.2 Å². The van der Waals surface area contributed by atoms with Crippen molar-refractivity contribution in [3.05, 3.63) is 149 Å². The molecule has 11 rings (SSSR count). The summed E-state index contributed by atoms with van der Waals surface area (Å²) in [4.78, 5) is 2.43. The highest BCUT2D eigenvalue weighted by Gasteiger charge is 2.28. The zero-order valence-electron chi connectivity index (χ0n) is 37.3. The Morgan fingerprint density at radius 2 is 0.800 bits per heavy atom. The van der Waals surface area contributed by atoms with Gasteiger partial charge in [0, 0.05) is 60.2 Å². The van der Waals surface area contributed by atoms with E-state index in [0.29, 0.717) is 0 Å². The molecular formula is C57H55N3. The summed E-state index contributed by atoms with van der Waals surface area (Å²) in [6.07, 6.45) is 0. The first-order valence-corrected chi connectivity index (χ1v) is 21.8. The summed E-state index contributed by atoms with van der Waals surface area (Å²) >= 11 is 0. The van der Waals surface area contributed by atoms with Gasteiger partial charge in [0.05, 0.1) is 33.1 Å². The number of para-hydroxylation sites is 1. The lowest BCUT2D eigenvalue weighted by molar-refractivity contribution is 0.590. The normalized spacial score (nSPS) is 13.3. The van der Waals surface area contributed by atoms with E-state index in [-0.39, 0.29) is 16.2 Å². The quantitative estimate of drug-likeness (QED) is 0.174. The molecule has 0 aliphatic rings. The van der Waals surface area contributed by atoms with Crippen molar-refractivity contribution in [1.29, 1.82) is 0 Å². The molecule has 0 atom stereocenters. The molecule has 0 saturated carbocycles. The summed E-state index contributed by atoms with van der Waals surface area (Å²) in [6.45, 7) is 27.7. The van der Waals surface area contributed by atoms with E-state index in [9.17, 15) is 0 Å². The average Bonchev–Trinajstić information content (AvgIpc) is 3.91. The van der Waals surface area contributed by atoms with Crippen molar-refractivity contribution in [2.45, 2.75) is 99.3 Å². The fourth-order valence-corrected chi connectivity index (χ4v) is 10.2. The number of fused-ring (bicyclic) bond motifs is 12. The van der Waals surface area contributed by atoms with Crippen LogP contribution < -0.4 is 4.90 Å². The predicted octanol–water partition coefficient (Wildman–Crippen LogP) is 16.3. The summed E-state index contributed by atoms with van der Waals surface area (Å²) in [6, 6.07) is 44.9. The highest BCUT2D eigenvalue weighted by atomic mass is 15.1. The molecule has 298 valence electrons. The van der Waals surface area contributed by atoms with Crippen LogP contribution >= 0.6 is 0 Å². The minimum Gasteiger partial charge on any atom is -0.310 e. The summed E-state index contributed by atoms with van der Waals surface area (Å²) in [5, 5.41) is 10.6. The van der Waals surface area contributed by atoms with Gasteiger partial charge in [0.1, 0.15) is 0 Å². The van der Waals surface area contributed by atoms with Crippen LogP contribution in [-0.4, -0.2) is 8.80 Å². The summed E-state index contributed by atoms with van der Waals surface area (Å²) in [5.74, 6) is 0. The molecule has 0 aliphatic heterocycles. The Labute approximate surface area is 353 Å². The van der Waals surface area contributed by atoms with Crippen LogP contribution in [0.2, 0.25) is 0 Å². The number of hydrogen-bond acceptors (Lipinski definition) is 1. The largest absolute Gasteiger partial charge is 0.310 e. The molecule has 4 aromatic heterocycles. The Morgan fingerprint density at radius 1 is 0.350 bits per heavy atom. The molecule has 0 fully saturated rings. The Hall–Kier alpha value is -6.06. The van der Waals surface area contributed by atoms with Crippen LogP contribution in [0.4, 0.5) is 17.1 Å². The lowest BCUT2D eigenvalue weighted by Gasteiger charge is -2.27. The van der Waals surface area contributed by atoms with E-state index in [2.05, 4.69) is 212 Å². The maximum absolute atomic E-state index is 2.59. The highest BCUT2D eigenvalue weighted by Crippen LogP contribution is 2.48. The summed E-state index contributed by atoms with van der Waals surface area (Å²) < 4.78 is 5.17. The molecule has 0 bridgehead atoms. The van der Waals surface area contributed by atoms with Gasteiger partial charge >= 0.3 is 0 Å². The standard InChI is InChI=1S/C57H55N3/c1-32-22-40(23-33(2)34(32)3)58(38-16-14-13-15-17-38)39-19-20-41-45-25-36(56(7,8)9)27-47-44-30-51-43(31-52(44)60(53(45)47)50(41)29-39)48-28-37(57(10,11)12)26-46-42-24-35(55(4,5)6)18-21-49(42)59(51)54(46)48/h13-31H,1-12H3. The molecule has 3 nitrogen and oxygen atoms in total. The molecular weight excluding hydrogens is 727 g/mol. The number of hydrogen-bond donors (Lipinski definition) is 0. The van der Waals surface area contributed by atoms with E-state index < -0.39 is 0 Å². The second-order valence-electron chi connectivity index (χ2n) is 21.0. The van der Waals surface area contributed by atoms with Crippen LogP contribution in [0.3, 0.4) is 0 Å².